The minimum Gasteiger partial charge on any atom is -0.298 e. The molecule has 1 heterocycles. The van der Waals surface area contributed by atoms with Crippen molar-refractivity contribution in [3.8, 4) is 0 Å². The van der Waals surface area contributed by atoms with E-state index in [9.17, 15) is 13.2 Å². The number of hydrogen-bond donors (Lipinski definition) is 1. The van der Waals surface area contributed by atoms with Crippen molar-refractivity contribution in [1.29, 1.82) is 0 Å². The van der Waals surface area contributed by atoms with Gasteiger partial charge in [-0.3, -0.25) is 10.1 Å². The van der Waals surface area contributed by atoms with Crippen molar-refractivity contribution >= 4 is 42.6 Å². The molecule has 0 bridgehead atoms. The van der Waals surface area contributed by atoms with Crippen LogP contribution in [0.5, 0.6) is 0 Å². The number of aryl methyl sites for hydroxylation is 1. The van der Waals surface area contributed by atoms with Crippen LogP contribution in [-0.2, 0) is 10.0 Å². The molecule has 0 radical (unpaired) electrons. The zero-order valence-electron chi connectivity index (χ0n) is 16.8. The Hall–Kier alpha value is -2.29. The van der Waals surface area contributed by atoms with Gasteiger partial charge >= 0.3 is 0 Å². The van der Waals surface area contributed by atoms with Gasteiger partial charge in [0, 0.05) is 18.7 Å². The van der Waals surface area contributed by atoms with E-state index in [2.05, 4.69) is 10.3 Å². The number of amides is 1. The molecule has 29 heavy (non-hydrogen) atoms. The summed E-state index contributed by atoms with van der Waals surface area (Å²) in [4.78, 5) is 17.2. The Balaban J connectivity index is 1.75. The topological polar surface area (TPSA) is 79.4 Å². The first kappa shape index (κ1) is 21.4. The van der Waals surface area contributed by atoms with E-state index in [0.717, 1.165) is 28.6 Å². The molecule has 0 unspecified atom stereocenters. The molecule has 154 valence electrons. The van der Waals surface area contributed by atoms with E-state index in [1.54, 1.807) is 0 Å². The van der Waals surface area contributed by atoms with Gasteiger partial charge in [0.2, 0.25) is 10.0 Å². The fourth-order valence-corrected chi connectivity index (χ4v) is 5.41. The minimum absolute atomic E-state index is 0.197. The predicted octanol–water partition coefficient (Wildman–Crippen LogP) is 4.67. The quantitative estimate of drug-likeness (QED) is 0.562. The molecule has 0 aliphatic rings. The van der Waals surface area contributed by atoms with E-state index in [0.29, 0.717) is 23.8 Å². The first-order valence-electron chi connectivity index (χ1n) is 9.64. The number of nitrogens with one attached hydrogen (secondary N) is 1. The smallest absolute Gasteiger partial charge is 0.257 e. The van der Waals surface area contributed by atoms with E-state index in [-0.39, 0.29) is 10.8 Å². The second-order valence-electron chi connectivity index (χ2n) is 6.82. The summed E-state index contributed by atoms with van der Waals surface area (Å²) in [6.45, 7) is 6.78. The minimum atomic E-state index is -3.55. The molecule has 0 atom stereocenters. The standard InChI is InChI=1S/C21H25N3O3S2/c1-4-6-13-24(5-2)29(26,27)17-10-8-16(9-11-17)20(25)23-21-22-18-12-7-15(3)14-19(18)28-21/h7-12,14H,4-6,13H2,1-3H3,(H,22,23,25). The number of hydrogen-bond acceptors (Lipinski definition) is 5. The SMILES string of the molecule is CCCCN(CC)S(=O)(=O)c1ccc(C(=O)Nc2nc3ccc(C)cc3s2)cc1. The number of fused-ring (bicyclic) bond motifs is 1. The van der Waals surface area contributed by atoms with Gasteiger partial charge in [0.25, 0.3) is 5.91 Å². The van der Waals surface area contributed by atoms with E-state index in [4.69, 9.17) is 0 Å². The van der Waals surface area contributed by atoms with Gasteiger partial charge in [-0.05, 0) is 55.3 Å². The molecule has 8 heteroatoms. The molecule has 0 spiro atoms. The van der Waals surface area contributed by atoms with Crippen molar-refractivity contribution in [3.05, 3.63) is 53.6 Å². The highest BCUT2D eigenvalue weighted by atomic mass is 32.2. The number of aromatic nitrogens is 1. The Morgan fingerprint density at radius 2 is 1.86 bits per heavy atom. The van der Waals surface area contributed by atoms with Crippen molar-refractivity contribution in [3.63, 3.8) is 0 Å². The molecule has 6 nitrogen and oxygen atoms in total. The molecule has 1 aromatic heterocycles. The Bertz CT molecular complexity index is 1110. The normalized spacial score (nSPS) is 11.9. The van der Waals surface area contributed by atoms with Crippen LogP contribution in [-0.4, -0.2) is 36.7 Å². The van der Waals surface area contributed by atoms with Crippen molar-refractivity contribution < 1.29 is 13.2 Å². The van der Waals surface area contributed by atoms with E-state index >= 15 is 0 Å². The van der Waals surface area contributed by atoms with E-state index in [1.807, 2.05) is 39.0 Å². The summed E-state index contributed by atoms with van der Waals surface area (Å²) in [7, 11) is -3.55. The van der Waals surface area contributed by atoms with Gasteiger partial charge in [-0.25, -0.2) is 13.4 Å². The van der Waals surface area contributed by atoms with Gasteiger partial charge in [0.15, 0.2) is 5.13 Å². The maximum absolute atomic E-state index is 12.8. The number of carbonyl (C=O) groups excluding carboxylic acids is 1. The molecular formula is C21H25N3O3S2. The second kappa shape index (κ2) is 9.02. The summed E-state index contributed by atoms with van der Waals surface area (Å²) in [5.41, 5.74) is 2.36. The van der Waals surface area contributed by atoms with Crippen LogP contribution in [0.3, 0.4) is 0 Å². The summed E-state index contributed by atoms with van der Waals surface area (Å²) < 4.78 is 28.0. The second-order valence-corrected chi connectivity index (χ2v) is 9.79. The number of nitrogens with zero attached hydrogens (tertiary/aromatic N) is 2. The first-order valence-corrected chi connectivity index (χ1v) is 11.9. The highest BCUT2D eigenvalue weighted by molar-refractivity contribution is 7.89. The average Bonchev–Trinajstić information content (AvgIpc) is 3.09. The number of carbonyl (C=O) groups is 1. The third-order valence-electron chi connectivity index (χ3n) is 4.63. The first-order chi connectivity index (χ1) is 13.8. The van der Waals surface area contributed by atoms with Gasteiger partial charge < -0.3 is 0 Å². The van der Waals surface area contributed by atoms with E-state index in [1.165, 1.54) is 39.9 Å². The van der Waals surface area contributed by atoms with Gasteiger partial charge in [0.1, 0.15) is 0 Å². The zero-order chi connectivity index (χ0) is 21.0. The highest BCUT2D eigenvalue weighted by Crippen LogP contribution is 2.27. The van der Waals surface area contributed by atoms with Crippen LogP contribution >= 0.6 is 11.3 Å². The lowest BCUT2D eigenvalue weighted by Gasteiger charge is -2.20. The third-order valence-corrected chi connectivity index (χ3v) is 7.55. The number of benzene rings is 2. The van der Waals surface area contributed by atoms with Crippen molar-refractivity contribution in [2.45, 2.75) is 38.5 Å². The average molecular weight is 432 g/mol. The molecule has 0 aliphatic heterocycles. The Morgan fingerprint density at radius 1 is 1.14 bits per heavy atom. The molecule has 3 rings (SSSR count). The highest BCUT2D eigenvalue weighted by Gasteiger charge is 2.22. The monoisotopic (exact) mass is 431 g/mol. The van der Waals surface area contributed by atoms with Crippen LogP contribution in [0.2, 0.25) is 0 Å². The van der Waals surface area contributed by atoms with Crippen molar-refractivity contribution in [2.75, 3.05) is 18.4 Å². The summed E-state index contributed by atoms with van der Waals surface area (Å²) in [6.07, 6.45) is 1.74. The van der Waals surface area contributed by atoms with E-state index < -0.39 is 10.0 Å². The molecule has 2 aromatic carbocycles. The summed E-state index contributed by atoms with van der Waals surface area (Å²) in [5.74, 6) is -0.317. The van der Waals surface area contributed by atoms with Crippen LogP contribution in [0.4, 0.5) is 5.13 Å². The number of thiazole rings is 1. The maximum Gasteiger partial charge on any atom is 0.257 e. The van der Waals surface area contributed by atoms with Crippen LogP contribution in [0, 0.1) is 6.92 Å². The Morgan fingerprint density at radius 3 is 2.52 bits per heavy atom. The molecule has 0 fully saturated rings. The Labute approximate surface area is 175 Å². The molecule has 0 saturated heterocycles. The number of rotatable bonds is 8. The lowest BCUT2D eigenvalue weighted by Crippen LogP contribution is -2.31. The third kappa shape index (κ3) is 4.83. The van der Waals surface area contributed by atoms with Crippen LogP contribution in [0.15, 0.2) is 47.4 Å². The molecule has 1 N–H and O–H groups in total. The van der Waals surface area contributed by atoms with Gasteiger partial charge in [-0.2, -0.15) is 4.31 Å². The number of sulfonamides is 1. The zero-order valence-corrected chi connectivity index (χ0v) is 18.4. The molecule has 0 aliphatic carbocycles. The fourth-order valence-electron chi connectivity index (χ4n) is 2.96. The number of unbranched alkanes of at least 4 members (excludes halogenated alkanes) is 1. The molecule has 0 saturated carbocycles. The predicted molar refractivity (Wildman–Crippen MR) is 118 cm³/mol. The Kier molecular flexibility index (Phi) is 6.66. The molecule has 1 amide bonds. The lowest BCUT2D eigenvalue weighted by molar-refractivity contribution is 0.102. The summed E-state index contributed by atoms with van der Waals surface area (Å²) >= 11 is 1.41. The lowest BCUT2D eigenvalue weighted by atomic mass is 10.2. The molecule has 3 aromatic rings. The van der Waals surface area contributed by atoms with Crippen LogP contribution in [0.1, 0.15) is 42.6 Å². The largest absolute Gasteiger partial charge is 0.298 e. The van der Waals surface area contributed by atoms with Crippen molar-refractivity contribution in [1.82, 2.24) is 9.29 Å². The fraction of sp³-hybridized carbons (Fsp3) is 0.333. The van der Waals surface area contributed by atoms with Gasteiger partial charge in [-0.15, -0.1) is 0 Å². The summed E-state index contributed by atoms with van der Waals surface area (Å²) in [5, 5.41) is 3.31. The van der Waals surface area contributed by atoms with Crippen LogP contribution < -0.4 is 5.32 Å². The van der Waals surface area contributed by atoms with Gasteiger partial charge in [0.05, 0.1) is 15.1 Å². The van der Waals surface area contributed by atoms with Gasteiger partial charge in [-0.1, -0.05) is 37.7 Å². The maximum atomic E-state index is 12.8. The summed E-state index contributed by atoms with van der Waals surface area (Å²) in [6, 6.07) is 12.0. The number of anilines is 1. The van der Waals surface area contributed by atoms with Crippen LogP contribution in [0.25, 0.3) is 10.2 Å². The molecular weight excluding hydrogens is 406 g/mol. The van der Waals surface area contributed by atoms with Crippen molar-refractivity contribution in [2.24, 2.45) is 0 Å².